The van der Waals surface area contributed by atoms with Gasteiger partial charge in [-0.2, -0.15) is 4.98 Å². The zero-order valence-corrected chi connectivity index (χ0v) is 7.43. The molecule has 0 N–H and O–H groups in total. The molecule has 1 amide bonds. The van der Waals surface area contributed by atoms with Gasteiger partial charge in [0.2, 0.25) is 6.39 Å². The maximum atomic E-state index is 11.6. The lowest BCUT2D eigenvalue weighted by Crippen LogP contribution is -2.29. The van der Waals surface area contributed by atoms with Crippen molar-refractivity contribution in [1.82, 2.24) is 15.0 Å². The molecule has 1 atom stereocenters. The summed E-state index contributed by atoms with van der Waals surface area (Å²) in [6.07, 6.45) is 2.23. The van der Waals surface area contributed by atoms with Crippen molar-refractivity contribution in [1.29, 1.82) is 0 Å². The summed E-state index contributed by atoms with van der Waals surface area (Å²) in [5, 5.41) is 3.51. The van der Waals surface area contributed by atoms with E-state index in [-0.39, 0.29) is 11.7 Å². The third kappa shape index (κ3) is 1.54. The van der Waals surface area contributed by atoms with E-state index in [1.54, 1.807) is 4.90 Å². The highest BCUT2D eigenvalue weighted by molar-refractivity contribution is 5.90. The first kappa shape index (κ1) is 8.22. The van der Waals surface area contributed by atoms with Crippen LogP contribution in [0, 0.1) is 5.92 Å². The molecular formula is C8H11N3O2. The Morgan fingerprint density at radius 3 is 3.15 bits per heavy atom. The highest BCUT2D eigenvalue weighted by Crippen LogP contribution is 2.16. The second-order valence-electron chi connectivity index (χ2n) is 3.40. The number of carbonyl (C=O) groups is 1. The minimum Gasteiger partial charge on any atom is -0.342 e. The normalized spacial score (nSPS) is 22.2. The van der Waals surface area contributed by atoms with Crippen molar-refractivity contribution in [2.75, 3.05) is 13.1 Å². The first-order valence-corrected chi connectivity index (χ1v) is 4.33. The Kier molecular flexibility index (Phi) is 2.00. The topological polar surface area (TPSA) is 59.2 Å². The van der Waals surface area contributed by atoms with Crippen molar-refractivity contribution in [3.63, 3.8) is 0 Å². The van der Waals surface area contributed by atoms with Crippen LogP contribution in [0.1, 0.15) is 24.0 Å². The Hall–Kier alpha value is -1.39. The molecule has 13 heavy (non-hydrogen) atoms. The lowest BCUT2D eigenvalue weighted by molar-refractivity contribution is 0.0772. The van der Waals surface area contributed by atoms with Crippen LogP contribution in [0.15, 0.2) is 10.9 Å². The molecule has 70 valence electrons. The fourth-order valence-corrected chi connectivity index (χ4v) is 1.53. The van der Waals surface area contributed by atoms with Crippen molar-refractivity contribution in [3.8, 4) is 0 Å². The third-order valence-electron chi connectivity index (χ3n) is 2.26. The van der Waals surface area contributed by atoms with Crippen LogP contribution in [0.2, 0.25) is 0 Å². The van der Waals surface area contributed by atoms with Gasteiger partial charge in [0.15, 0.2) is 0 Å². The predicted octanol–water partition coefficient (Wildman–Crippen LogP) is 0.552. The molecule has 1 fully saturated rings. The van der Waals surface area contributed by atoms with E-state index < -0.39 is 0 Å². The van der Waals surface area contributed by atoms with Crippen molar-refractivity contribution < 1.29 is 9.32 Å². The molecule has 1 aliphatic heterocycles. The first-order chi connectivity index (χ1) is 6.27. The SMILES string of the molecule is CC1CCN(C(=O)c2ncon2)C1. The van der Waals surface area contributed by atoms with E-state index in [4.69, 9.17) is 0 Å². The second-order valence-corrected chi connectivity index (χ2v) is 3.40. The number of nitrogens with zero attached hydrogens (tertiary/aromatic N) is 3. The van der Waals surface area contributed by atoms with E-state index in [0.29, 0.717) is 5.92 Å². The van der Waals surface area contributed by atoms with E-state index in [1.807, 2.05) is 0 Å². The number of hydrogen-bond donors (Lipinski definition) is 0. The van der Waals surface area contributed by atoms with Gasteiger partial charge in [0.25, 0.3) is 11.7 Å². The molecule has 1 aromatic rings. The predicted molar refractivity (Wildman–Crippen MR) is 44.0 cm³/mol. The van der Waals surface area contributed by atoms with Gasteiger partial charge in [0.1, 0.15) is 0 Å². The molecule has 1 unspecified atom stereocenters. The lowest BCUT2D eigenvalue weighted by Gasteiger charge is -2.12. The van der Waals surface area contributed by atoms with Crippen LogP contribution in [-0.4, -0.2) is 34.0 Å². The average molecular weight is 181 g/mol. The summed E-state index contributed by atoms with van der Waals surface area (Å²) in [7, 11) is 0. The van der Waals surface area contributed by atoms with Crippen LogP contribution < -0.4 is 0 Å². The Morgan fingerprint density at radius 1 is 1.77 bits per heavy atom. The van der Waals surface area contributed by atoms with Crippen LogP contribution in [0.25, 0.3) is 0 Å². The largest absolute Gasteiger partial charge is 0.342 e. The van der Waals surface area contributed by atoms with Gasteiger partial charge in [-0.1, -0.05) is 12.1 Å². The van der Waals surface area contributed by atoms with Crippen LogP contribution in [0.3, 0.4) is 0 Å². The molecule has 5 heteroatoms. The molecular weight excluding hydrogens is 170 g/mol. The van der Waals surface area contributed by atoms with Gasteiger partial charge in [-0.15, -0.1) is 0 Å². The third-order valence-corrected chi connectivity index (χ3v) is 2.26. The molecule has 1 aromatic heterocycles. The molecule has 0 radical (unpaired) electrons. The average Bonchev–Trinajstić information content (AvgIpc) is 2.72. The molecule has 0 spiro atoms. The molecule has 0 aromatic carbocycles. The van der Waals surface area contributed by atoms with Crippen LogP contribution in [-0.2, 0) is 0 Å². The summed E-state index contributed by atoms with van der Waals surface area (Å²) in [6, 6.07) is 0. The summed E-state index contributed by atoms with van der Waals surface area (Å²) >= 11 is 0. The van der Waals surface area contributed by atoms with E-state index in [0.717, 1.165) is 19.5 Å². The van der Waals surface area contributed by atoms with Gasteiger partial charge in [0.05, 0.1) is 0 Å². The molecule has 5 nitrogen and oxygen atoms in total. The maximum absolute atomic E-state index is 11.6. The van der Waals surface area contributed by atoms with Crippen LogP contribution >= 0.6 is 0 Å². The number of hydrogen-bond acceptors (Lipinski definition) is 4. The minimum atomic E-state index is -0.127. The van der Waals surface area contributed by atoms with E-state index >= 15 is 0 Å². The zero-order chi connectivity index (χ0) is 9.26. The van der Waals surface area contributed by atoms with E-state index in [1.165, 1.54) is 6.39 Å². The van der Waals surface area contributed by atoms with E-state index in [2.05, 4.69) is 21.6 Å². The van der Waals surface area contributed by atoms with Crippen LogP contribution in [0.4, 0.5) is 0 Å². The standard InChI is InChI=1S/C8H11N3O2/c1-6-2-3-11(4-6)8(12)7-9-5-13-10-7/h5-6H,2-4H2,1H3. The number of aromatic nitrogens is 2. The maximum Gasteiger partial charge on any atom is 0.295 e. The summed E-state index contributed by atoms with van der Waals surface area (Å²) in [5.41, 5.74) is 0. The molecule has 1 saturated heterocycles. The van der Waals surface area contributed by atoms with Crippen molar-refractivity contribution >= 4 is 5.91 Å². The fraction of sp³-hybridized carbons (Fsp3) is 0.625. The molecule has 0 saturated carbocycles. The van der Waals surface area contributed by atoms with Gasteiger partial charge in [-0.05, 0) is 12.3 Å². The van der Waals surface area contributed by atoms with Gasteiger partial charge in [-0.25, -0.2) is 0 Å². The second kappa shape index (κ2) is 3.16. The highest BCUT2D eigenvalue weighted by atomic mass is 16.5. The molecule has 2 rings (SSSR count). The fourth-order valence-electron chi connectivity index (χ4n) is 1.53. The molecule has 2 heterocycles. The summed E-state index contributed by atoms with van der Waals surface area (Å²) in [5.74, 6) is 0.614. The summed E-state index contributed by atoms with van der Waals surface area (Å²) < 4.78 is 4.51. The summed E-state index contributed by atoms with van der Waals surface area (Å²) in [6.45, 7) is 3.73. The Bertz CT molecular complexity index is 296. The van der Waals surface area contributed by atoms with Crippen molar-refractivity contribution in [2.24, 2.45) is 5.92 Å². The van der Waals surface area contributed by atoms with Crippen molar-refractivity contribution in [2.45, 2.75) is 13.3 Å². The number of rotatable bonds is 1. The monoisotopic (exact) mass is 181 g/mol. The van der Waals surface area contributed by atoms with Crippen molar-refractivity contribution in [3.05, 3.63) is 12.2 Å². The number of likely N-dealkylation sites (tertiary alicyclic amines) is 1. The number of amides is 1. The van der Waals surface area contributed by atoms with Crippen LogP contribution in [0.5, 0.6) is 0 Å². The Balaban J connectivity index is 2.06. The van der Waals surface area contributed by atoms with Gasteiger partial charge in [-0.3, -0.25) is 4.79 Å². The quantitative estimate of drug-likeness (QED) is 0.634. The van der Waals surface area contributed by atoms with Gasteiger partial charge in [0, 0.05) is 13.1 Å². The first-order valence-electron chi connectivity index (χ1n) is 4.33. The number of carbonyl (C=O) groups excluding carboxylic acids is 1. The van der Waals surface area contributed by atoms with E-state index in [9.17, 15) is 4.79 Å². The summed E-state index contributed by atoms with van der Waals surface area (Å²) in [4.78, 5) is 17.1. The molecule has 1 aliphatic rings. The molecule has 0 bridgehead atoms. The smallest absolute Gasteiger partial charge is 0.295 e. The Labute approximate surface area is 75.7 Å². The zero-order valence-electron chi connectivity index (χ0n) is 7.43. The van der Waals surface area contributed by atoms with Gasteiger partial charge >= 0.3 is 0 Å². The van der Waals surface area contributed by atoms with Gasteiger partial charge < -0.3 is 9.42 Å². The Morgan fingerprint density at radius 2 is 2.62 bits per heavy atom. The lowest BCUT2D eigenvalue weighted by atomic mass is 10.2. The highest BCUT2D eigenvalue weighted by Gasteiger charge is 2.26. The minimum absolute atomic E-state index is 0.127. The molecule has 0 aliphatic carbocycles.